The van der Waals surface area contributed by atoms with E-state index >= 15 is 0 Å². The van der Waals surface area contributed by atoms with Crippen molar-refractivity contribution in [3.05, 3.63) is 83.8 Å². The van der Waals surface area contributed by atoms with Gasteiger partial charge in [0.2, 0.25) is 5.36 Å². The van der Waals surface area contributed by atoms with Gasteiger partial charge in [0.25, 0.3) is 0 Å². The Morgan fingerprint density at radius 3 is 2.46 bits per heavy atom. The van der Waals surface area contributed by atoms with E-state index < -0.39 is 5.97 Å². The monoisotopic (exact) mass is 586 g/mol. The van der Waals surface area contributed by atoms with Crippen molar-refractivity contribution in [2.45, 2.75) is 64.2 Å². The summed E-state index contributed by atoms with van der Waals surface area (Å²) in [4.78, 5) is 15.2. The molecular weight excluding hydrogens is 555 g/mol. The molecule has 5 heterocycles. The summed E-state index contributed by atoms with van der Waals surface area (Å²) < 4.78 is 9.65. The second-order valence-corrected chi connectivity index (χ2v) is 12.9. The number of fused-ring (bicyclic) bond motifs is 4. The fourth-order valence-corrected chi connectivity index (χ4v) is 8.58. The Kier molecular flexibility index (Phi) is 6.12. The van der Waals surface area contributed by atoms with Crippen LogP contribution in [0.5, 0.6) is 11.5 Å². The zero-order valence-electron chi connectivity index (χ0n) is 23.1. The van der Waals surface area contributed by atoms with E-state index in [0.29, 0.717) is 10.6 Å². The van der Waals surface area contributed by atoms with Gasteiger partial charge in [-0.2, -0.15) is 0 Å². The Morgan fingerprint density at radius 2 is 1.59 bits per heavy atom. The van der Waals surface area contributed by atoms with Gasteiger partial charge in [0.15, 0.2) is 0 Å². The number of halogens is 2. The number of rotatable bonds is 2. The SMILES string of the molecule is O=C([O-])c1c(Cl)ccc(Cl)c1C1=c2cc3c4c(c2Oc2c1cc1c5c2CCCN5CCCC1)CCC[N+]=4CCCC3. The van der Waals surface area contributed by atoms with Crippen LogP contribution >= 0.6 is 23.2 Å². The van der Waals surface area contributed by atoms with E-state index in [1.54, 1.807) is 12.1 Å². The molecule has 3 aromatic carbocycles. The molecule has 0 N–H and O–H groups in total. The molecular formula is C34H32Cl2N2O3. The summed E-state index contributed by atoms with van der Waals surface area (Å²) in [6, 6.07) is 7.78. The summed E-state index contributed by atoms with van der Waals surface area (Å²) in [5.74, 6) is 0.402. The molecule has 0 radical (unpaired) electrons. The van der Waals surface area contributed by atoms with E-state index in [1.165, 1.54) is 33.3 Å². The summed E-state index contributed by atoms with van der Waals surface area (Å²) in [6.07, 6.45) is 10.6. The van der Waals surface area contributed by atoms with Gasteiger partial charge in [0.1, 0.15) is 24.6 Å². The highest BCUT2D eigenvalue weighted by Gasteiger charge is 2.36. The van der Waals surface area contributed by atoms with Gasteiger partial charge in [-0.05, 0) is 81.2 Å². The van der Waals surface area contributed by atoms with Crippen LogP contribution in [0, 0.1) is 0 Å². The molecule has 0 saturated heterocycles. The molecule has 7 heteroatoms. The van der Waals surface area contributed by atoms with Crippen LogP contribution in [-0.4, -0.2) is 32.1 Å². The summed E-state index contributed by atoms with van der Waals surface area (Å²) in [5.41, 5.74) is 8.58. The number of ether oxygens (including phenoxy) is 1. The molecule has 0 saturated carbocycles. The van der Waals surface area contributed by atoms with Crippen LogP contribution in [0.25, 0.3) is 5.57 Å². The number of carboxylic acids is 1. The van der Waals surface area contributed by atoms with Crippen LogP contribution in [0.3, 0.4) is 0 Å². The van der Waals surface area contributed by atoms with Crippen molar-refractivity contribution in [3.8, 4) is 11.5 Å². The molecule has 0 atom stereocenters. The maximum Gasteiger partial charge on any atom is 0.210 e. The van der Waals surface area contributed by atoms with Crippen molar-refractivity contribution < 1.29 is 14.6 Å². The molecule has 0 spiro atoms. The fourth-order valence-electron chi connectivity index (χ4n) is 8.09. The minimum absolute atomic E-state index is 0.0524. The van der Waals surface area contributed by atoms with E-state index in [4.69, 9.17) is 27.9 Å². The number of anilines is 1. The Hall–Kier alpha value is -3.02. The largest absolute Gasteiger partial charge is 0.545 e. The molecule has 41 heavy (non-hydrogen) atoms. The second kappa shape index (κ2) is 9.78. The van der Waals surface area contributed by atoms with E-state index in [1.807, 2.05) is 0 Å². The predicted octanol–water partition coefficient (Wildman–Crippen LogP) is 4.57. The van der Waals surface area contributed by atoms with Gasteiger partial charge in [0, 0.05) is 75.3 Å². The van der Waals surface area contributed by atoms with Gasteiger partial charge in [0.05, 0.1) is 16.6 Å². The van der Waals surface area contributed by atoms with Gasteiger partial charge in [-0.25, -0.2) is 4.58 Å². The summed E-state index contributed by atoms with van der Waals surface area (Å²) in [7, 11) is 0. The molecule has 0 amide bonds. The number of aryl methyl sites for hydroxylation is 2. The zero-order valence-corrected chi connectivity index (χ0v) is 24.6. The molecule has 5 nitrogen and oxygen atoms in total. The van der Waals surface area contributed by atoms with Crippen LogP contribution in [0.4, 0.5) is 5.69 Å². The third-order valence-electron chi connectivity index (χ3n) is 9.75. The van der Waals surface area contributed by atoms with E-state index in [9.17, 15) is 9.90 Å². The van der Waals surface area contributed by atoms with Gasteiger partial charge < -0.3 is 19.5 Å². The number of aromatic carboxylic acids is 1. The third kappa shape index (κ3) is 3.88. The standard InChI is InChI=1S/C34H32Cl2N2O3/c35-25-11-12-26(36)29(34(39)40)28(25)27-23-17-19-7-1-3-13-37-15-5-9-21(30(19)37)32(23)41-33-22-10-6-16-38-14-4-2-8-20(31(22)38)18-24(27)33/h11-12,17-18H,1-10,13-16H2. The number of hydrogen-bond donors (Lipinski definition) is 0. The average molecular weight is 588 g/mol. The molecule has 210 valence electrons. The van der Waals surface area contributed by atoms with Crippen molar-refractivity contribution >= 4 is 40.4 Å². The summed E-state index contributed by atoms with van der Waals surface area (Å²) >= 11 is 13.5. The van der Waals surface area contributed by atoms with Crippen LogP contribution in [0.2, 0.25) is 10.0 Å². The quantitative estimate of drug-likeness (QED) is 0.323. The van der Waals surface area contributed by atoms with Crippen molar-refractivity contribution in [1.29, 1.82) is 0 Å². The Morgan fingerprint density at radius 1 is 0.829 bits per heavy atom. The first kappa shape index (κ1) is 25.7. The topological polar surface area (TPSA) is 55.6 Å². The van der Waals surface area contributed by atoms with Gasteiger partial charge in [-0.3, -0.25) is 0 Å². The number of hydrogen-bond acceptors (Lipinski definition) is 4. The van der Waals surface area contributed by atoms with Gasteiger partial charge in [-0.1, -0.05) is 23.2 Å². The first-order chi connectivity index (χ1) is 20.0. The normalized spacial score (nSPS) is 18.8. The molecule has 5 aliphatic rings. The van der Waals surface area contributed by atoms with Crippen LogP contribution < -0.4 is 29.9 Å². The molecule has 8 rings (SSSR count). The van der Waals surface area contributed by atoms with E-state index in [-0.39, 0.29) is 10.6 Å². The minimum Gasteiger partial charge on any atom is -0.545 e. The lowest BCUT2D eigenvalue weighted by Crippen LogP contribution is -2.41. The molecule has 0 unspecified atom stereocenters. The summed E-state index contributed by atoms with van der Waals surface area (Å²) in [5, 5.41) is 15.4. The summed E-state index contributed by atoms with van der Waals surface area (Å²) in [6.45, 7) is 4.26. The first-order valence-electron chi connectivity index (χ1n) is 15.1. The fraction of sp³-hybridized carbons (Fsp3) is 0.412. The second-order valence-electron chi connectivity index (χ2n) is 12.1. The van der Waals surface area contributed by atoms with Crippen LogP contribution in [-0.2, 0) is 25.7 Å². The molecule has 0 aliphatic carbocycles. The van der Waals surface area contributed by atoms with Crippen molar-refractivity contribution in [3.63, 3.8) is 0 Å². The third-order valence-corrected chi connectivity index (χ3v) is 10.4. The molecule has 0 aromatic heterocycles. The van der Waals surface area contributed by atoms with Crippen LogP contribution in [0.15, 0.2) is 24.3 Å². The highest BCUT2D eigenvalue weighted by molar-refractivity contribution is 6.37. The Balaban J connectivity index is 1.56. The number of nitrogens with zero attached hydrogens (tertiary/aromatic N) is 2. The highest BCUT2D eigenvalue weighted by Crippen LogP contribution is 2.49. The molecule has 0 fully saturated rings. The number of carbonyl (C=O) groups is 1. The lowest BCUT2D eigenvalue weighted by atomic mass is 9.83. The highest BCUT2D eigenvalue weighted by atomic mass is 35.5. The number of benzene rings is 3. The molecule has 5 aliphatic heterocycles. The Labute approximate surface area is 249 Å². The Bertz CT molecular complexity index is 1800. The van der Waals surface area contributed by atoms with E-state index in [0.717, 1.165) is 118 Å². The minimum atomic E-state index is -1.32. The maximum absolute atomic E-state index is 12.7. The average Bonchev–Trinajstić information content (AvgIpc) is 3.31. The lowest BCUT2D eigenvalue weighted by Gasteiger charge is -2.36. The maximum atomic E-state index is 12.7. The van der Waals surface area contributed by atoms with Crippen molar-refractivity contribution in [2.75, 3.05) is 31.1 Å². The van der Waals surface area contributed by atoms with E-state index in [2.05, 4.69) is 21.6 Å². The zero-order chi connectivity index (χ0) is 27.8. The van der Waals surface area contributed by atoms with Crippen molar-refractivity contribution in [1.82, 2.24) is 4.58 Å². The molecule has 0 bridgehead atoms. The van der Waals surface area contributed by atoms with Gasteiger partial charge >= 0.3 is 0 Å². The smallest absolute Gasteiger partial charge is 0.210 e. The van der Waals surface area contributed by atoms with Crippen molar-refractivity contribution in [2.24, 2.45) is 0 Å². The lowest BCUT2D eigenvalue weighted by molar-refractivity contribution is -0.255. The first-order valence-corrected chi connectivity index (χ1v) is 15.9. The van der Waals surface area contributed by atoms with Crippen LogP contribution in [0.1, 0.15) is 82.3 Å². The predicted molar refractivity (Wildman–Crippen MR) is 160 cm³/mol. The number of carboxylic acid groups (broad SMARTS) is 1. The molecule has 3 aromatic rings. The number of carbonyl (C=O) groups excluding carboxylic acids is 1. The van der Waals surface area contributed by atoms with Gasteiger partial charge in [-0.15, -0.1) is 0 Å².